The number of primary sulfonamides is 1. The maximum absolute atomic E-state index is 12.1. The smallest absolute Gasteiger partial charge is 0.342 e. The largest absolute Gasteiger partial charge is 0.496 e. The third-order valence-corrected chi connectivity index (χ3v) is 3.53. The Morgan fingerprint density at radius 2 is 1.87 bits per heavy atom. The second-order valence-corrected chi connectivity index (χ2v) is 5.87. The summed E-state index contributed by atoms with van der Waals surface area (Å²) in [6.45, 7) is 1.20. The molecule has 0 saturated heterocycles. The highest BCUT2D eigenvalue weighted by Crippen LogP contribution is 2.23. The number of sulfonamides is 1. The van der Waals surface area contributed by atoms with Crippen molar-refractivity contribution < 1.29 is 32.3 Å². The molecule has 0 spiro atoms. The van der Waals surface area contributed by atoms with Gasteiger partial charge >= 0.3 is 12.0 Å². The lowest BCUT2D eigenvalue weighted by Crippen LogP contribution is -2.42. The minimum Gasteiger partial charge on any atom is -0.496 e. The molecule has 10 nitrogen and oxygen atoms in total. The van der Waals surface area contributed by atoms with Gasteiger partial charge in [0, 0.05) is 0 Å². The van der Waals surface area contributed by atoms with Crippen LogP contribution in [-0.4, -0.2) is 39.5 Å². The van der Waals surface area contributed by atoms with Crippen molar-refractivity contribution in [2.75, 3.05) is 7.11 Å². The maximum Gasteiger partial charge on any atom is 0.342 e. The lowest BCUT2D eigenvalue weighted by atomic mass is 10.2. The van der Waals surface area contributed by atoms with Gasteiger partial charge in [0.2, 0.25) is 10.0 Å². The molecule has 3 amide bonds. The monoisotopic (exact) mass is 345 g/mol. The molecule has 0 heterocycles. The number of ether oxygens (including phenoxy) is 2. The summed E-state index contributed by atoms with van der Waals surface area (Å²) in [4.78, 5) is 33.8. The first-order chi connectivity index (χ1) is 10.6. The summed E-state index contributed by atoms with van der Waals surface area (Å²) < 4.78 is 32.4. The van der Waals surface area contributed by atoms with E-state index in [0.717, 1.165) is 12.1 Å². The summed E-state index contributed by atoms with van der Waals surface area (Å²) in [6, 6.07) is 2.21. The normalized spacial score (nSPS) is 12.1. The summed E-state index contributed by atoms with van der Waals surface area (Å²) in [5.74, 6) is -1.96. The molecule has 0 aliphatic heterocycles. The van der Waals surface area contributed by atoms with Gasteiger partial charge in [-0.25, -0.2) is 23.1 Å². The summed E-state index contributed by atoms with van der Waals surface area (Å²) >= 11 is 0. The molecule has 0 radical (unpaired) electrons. The van der Waals surface area contributed by atoms with E-state index >= 15 is 0 Å². The molecular weight excluding hydrogens is 330 g/mol. The van der Waals surface area contributed by atoms with Crippen LogP contribution in [-0.2, 0) is 19.6 Å². The van der Waals surface area contributed by atoms with Crippen LogP contribution in [0.15, 0.2) is 23.1 Å². The van der Waals surface area contributed by atoms with Gasteiger partial charge in [-0.1, -0.05) is 0 Å². The van der Waals surface area contributed by atoms with Gasteiger partial charge in [0.05, 0.1) is 12.0 Å². The number of carbonyl (C=O) groups excluding carboxylic acids is 3. The summed E-state index contributed by atoms with van der Waals surface area (Å²) in [5.41, 5.74) is 4.52. The van der Waals surface area contributed by atoms with E-state index < -0.39 is 34.0 Å². The average molecular weight is 345 g/mol. The number of rotatable bonds is 5. The Hall–Kier alpha value is -2.66. The van der Waals surface area contributed by atoms with Gasteiger partial charge in [0.25, 0.3) is 5.91 Å². The fourth-order valence-electron chi connectivity index (χ4n) is 1.52. The van der Waals surface area contributed by atoms with Crippen molar-refractivity contribution in [3.8, 4) is 5.75 Å². The van der Waals surface area contributed by atoms with Gasteiger partial charge in [-0.3, -0.25) is 10.1 Å². The molecule has 0 aliphatic carbocycles. The molecule has 0 bridgehead atoms. The van der Waals surface area contributed by atoms with E-state index in [4.69, 9.17) is 20.3 Å². The van der Waals surface area contributed by atoms with Crippen LogP contribution in [0.1, 0.15) is 17.3 Å². The highest BCUT2D eigenvalue weighted by Gasteiger charge is 2.23. The SMILES string of the molecule is COc1ccc(S(N)(=O)=O)cc1C(=O)OC(C)C(=O)NC(N)=O. The number of amides is 3. The van der Waals surface area contributed by atoms with Crippen LogP contribution in [0.4, 0.5) is 4.79 Å². The molecule has 23 heavy (non-hydrogen) atoms. The van der Waals surface area contributed by atoms with Crippen molar-refractivity contribution in [2.24, 2.45) is 10.9 Å². The third kappa shape index (κ3) is 4.93. The van der Waals surface area contributed by atoms with Crippen LogP contribution in [0, 0.1) is 0 Å². The van der Waals surface area contributed by atoms with E-state index in [2.05, 4.69) is 0 Å². The number of carbonyl (C=O) groups is 3. The lowest BCUT2D eigenvalue weighted by molar-refractivity contribution is -0.127. The second-order valence-electron chi connectivity index (χ2n) is 4.31. The predicted molar refractivity (Wildman–Crippen MR) is 77.0 cm³/mol. The van der Waals surface area contributed by atoms with Crippen LogP contribution >= 0.6 is 0 Å². The van der Waals surface area contributed by atoms with E-state index in [1.54, 1.807) is 5.32 Å². The molecule has 1 atom stereocenters. The Bertz CT molecular complexity index is 745. The first-order valence-corrected chi connectivity index (χ1v) is 7.63. The molecule has 1 aromatic rings. The molecule has 1 aromatic carbocycles. The number of esters is 1. The first-order valence-electron chi connectivity index (χ1n) is 6.08. The number of nitrogens with two attached hydrogens (primary N) is 2. The number of hydrogen-bond donors (Lipinski definition) is 3. The van der Waals surface area contributed by atoms with E-state index in [-0.39, 0.29) is 16.2 Å². The second kappa shape index (κ2) is 7.07. The summed E-state index contributed by atoms with van der Waals surface area (Å²) in [7, 11) is -2.79. The zero-order valence-corrected chi connectivity index (χ0v) is 13.0. The van der Waals surface area contributed by atoms with Crippen molar-refractivity contribution in [3.05, 3.63) is 23.8 Å². The van der Waals surface area contributed by atoms with Crippen molar-refractivity contribution in [2.45, 2.75) is 17.9 Å². The van der Waals surface area contributed by atoms with Crippen LogP contribution in [0.2, 0.25) is 0 Å². The number of benzene rings is 1. The van der Waals surface area contributed by atoms with Crippen molar-refractivity contribution in [3.63, 3.8) is 0 Å². The van der Waals surface area contributed by atoms with Crippen molar-refractivity contribution in [1.29, 1.82) is 0 Å². The molecule has 5 N–H and O–H groups in total. The molecule has 0 aliphatic rings. The van der Waals surface area contributed by atoms with E-state index in [9.17, 15) is 22.8 Å². The number of nitrogens with one attached hydrogen (secondary N) is 1. The van der Waals surface area contributed by atoms with Gasteiger partial charge in [0.1, 0.15) is 11.3 Å². The highest BCUT2D eigenvalue weighted by molar-refractivity contribution is 7.89. The maximum atomic E-state index is 12.1. The predicted octanol–water partition coefficient (Wildman–Crippen LogP) is -0.917. The van der Waals surface area contributed by atoms with Gasteiger partial charge in [0.15, 0.2) is 6.10 Å². The number of primary amides is 1. The van der Waals surface area contributed by atoms with E-state index in [1.807, 2.05) is 0 Å². The van der Waals surface area contributed by atoms with Gasteiger partial charge < -0.3 is 15.2 Å². The Balaban J connectivity index is 3.07. The Morgan fingerprint density at radius 1 is 1.26 bits per heavy atom. The molecule has 11 heteroatoms. The van der Waals surface area contributed by atoms with Crippen molar-refractivity contribution >= 4 is 27.9 Å². The van der Waals surface area contributed by atoms with Gasteiger partial charge in [-0.2, -0.15) is 0 Å². The number of imide groups is 1. The van der Waals surface area contributed by atoms with Crippen molar-refractivity contribution in [1.82, 2.24) is 5.32 Å². The molecule has 1 rings (SSSR count). The van der Waals surface area contributed by atoms with Crippen LogP contribution < -0.4 is 20.9 Å². The molecule has 126 valence electrons. The van der Waals surface area contributed by atoms with E-state index in [0.29, 0.717) is 0 Å². The topological polar surface area (TPSA) is 168 Å². The summed E-state index contributed by atoms with van der Waals surface area (Å²) in [5, 5.41) is 6.72. The number of urea groups is 1. The average Bonchev–Trinajstić information content (AvgIpc) is 2.44. The zero-order chi connectivity index (χ0) is 17.8. The Kier molecular flexibility index (Phi) is 5.65. The Labute approximate surface area is 131 Å². The zero-order valence-electron chi connectivity index (χ0n) is 12.2. The molecule has 0 aromatic heterocycles. The molecule has 1 unspecified atom stereocenters. The lowest BCUT2D eigenvalue weighted by Gasteiger charge is -2.14. The minimum atomic E-state index is -4.05. The quantitative estimate of drug-likeness (QED) is 0.580. The molecular formula is C12H15N3O7S. The highest BCUT2D eigenvalue weighted by atomic mass is 32.2. The number of hydrogen-bond acceptors (Lipinski definition) is 7. The standard InChI is InChI=1S/C12H15N3O7S/c1-6(10(16)15-12(13)18)22-11(17)8-5-7(23(14,19)20)3-4-9(8)21-2/h3-6H,1-2H3,(H2,14,19,20)(H3,13,15,16,18). The number of methoxy groups -OCH3 is 1. The minimum absolute atomic E-state index is 0.0184. The van der Waals surface area contributed by atoms with E-state index in [1.165, 1.54) is 20.1 Å². The fraction of sp³-hybridized carbons (Fsp3) is 0.250. The van der Waals surface area contributed by atoms with Crippen LogP contribution in [0.3, 0.4) is 0 Å². The Morgan fingerprint density at radius 3 is 2.35 bits per heavy atom. The molecule has 0 saturated carbocycles. The third-order valence-electron chi connectivity index (χ3n) is 2.62. The van der Waals surface area contributed by atoms with Gasteiger partial charge in [-0.05, 0) is 25.1 Å². The van der Waals surface area contributed by atoms with Gasteiger partial charge in [-0.15, -0.1) is 0 Å². The molecule has 0 fully saturated rings. The van der Waals surface area contributed by atoms with Crippen LogP contribution in [0.25, 0.3) is 0 Å². The summed E-state index contributed by atoms with van der Waals surface area (Å²) in [6.07, 6.45) is -1.35. The fourth-order valence-corrected chi connectivity index (χ4v) is 2.06. The van der Waals surface area contributed by atoms with Crippen LogP contribution in [0.5, 0.6) is 5.75 Å². The first kappa shape index (κ1) is 18.4.